The zero-order valence-electron chi connectivity index (χ0n) is 7.13. The van der Waals surface area contributed by atoms with E-state index in [1.54, 1.807) is 0 Å². The second kappa shape index (κ2) is 3.38. The minimum absolute atomic E-state index is 0.138. The van der Waals surface area contributed by atoms with Crippen molar-refractivity contribution in [3.05, 3.63) is 17.3 Å². The maximum absolute atomic E-state index is 10.3. The van der Waals surface area contributed by atoms with Gasteiger partial charge in [-0.3, -0.25) is 4.79 Å². The van der Waals surface area contributed by atoms with E-state index in [-0.39, 0.29) is 12.3 Å². The molecule has 0 aliphatic carbocycles. The Bertz CT molecular complexity index is 290. The number of aryl methyl sites for hydroxylation is 2. The summed E-state index contributed by atoms with van der Waals surface area (Å²) in [7, 11) is 0. The Balaban J connectivity index is 2.82. The first-order valence-electron chi connectivity index (χ1n) is 3.80. The fraction of sp³-hybridized carbons (Fsp3) is 0.500. The van der Waals surface area contributed by atoms with Crippen LogP contribution >= 0.6 is 0 Å². The van der Waals surface area contributed by atoms with Gasteiger partial charge < -0.3 is 9.52 Å². The second-order valence-electron chi connectivity index (χ2n) is 2.54. The molecule has 1 aromatic heterocycles. The van der Waals surface area contributed by atoms with Crippen molar-refractivity contribution in [1.82, 2.24) is 4.98 Å². The van der Waals surface area contributed by atoms with Gasteiger partial charge in [0.05, 0.1) is 5.69 Å². The lowest BCUT2D eigenvalue weighted by atomic mass is 10.3. The summed E-state index contributed by atoms with van der Waals surface area (Å²) in [5, 5.41) is 8.44. The van der Waals surface area contributed by atoms with Crippen molar-refractivity contribution < 1.29 is 14.3 Å². The Morgan fingerprint density at radius 2 is 2.33 bits per heavy atom. The van der Waals surface area contributed by atoms with Crippen molar-refractivity contribution in [3.8, 4) is 0 Å². The summed E-state index contributed by atoms with van der Waals surface area (Å²) in [5.41, 5.74) is 0.786. The van der Waals surface area contributed by atoms with Gasteiger partial charge in [0, 0.05) is 6.42 Å². The quantitative estimate of drug-likeness (QED) is 0.737. The number of oxazole rings is 1. The van der Waals surface area contributed by atoms with Crippen LogP contribution < -0.4 is 0 Å². The lowest BCUT2D eigenvalue weighted by molar-refractivity contribution is -0.136. The molecule has 0 aliphatic heterocycles. The Kier molecular flexibility index (Phi) is 2.47. The van der Waals surface area contributed by atoms with E-state index in [1.807, 2.05) is 13.8 Å². The van der Waals surface area contributed by atoms with Crippen molar-refractivity contribution in [2.24, 2.45) is 0 Å². The molecule has 0 saturated carbocycles. The van der Waals surface area contributed by atoms with Gasteiger partial charge in [-0.2, -0.15) is 0 Å². The lowest BCUT2D eigenvalue weighted by Crippen LogP contribution is -1.99. The van der Waals surface area contributed by atoms with E-state index in [1.165, 1.54) is 0 Å². The summed E-state index contributed by atoms with van der Waals surface area (Å²) >= 11 is 0. The molecule has 0 unspecified atom stereocenters. The molecular formula is C8H11NO3. The molecule has 66 valence electrons. The molecule has 0 aliphatic rings. The van der Waals surface area contributed by atoms with E-state index in [4.69, 9.17) is 9.52 Å². The van der Waals surface area contributed by atoms with Crippen molar-refractivity contribution >= 4 is 5.97 Å². The molecule has 0 aromatic carbocycles. The van der Waals surface area contributed by atoms with Gasteiger partial charge in [-0.15, -0.1) is 0 Å². The van der Waals surface area contributed by atoms with Gasteiger partial charge in [-0.1, -0.05) is 6.92 Å². The van der Waals surface area contributed by atoms with Crippen molar-refractivity contribution in [3.63, 3.8) is 0 Å². The standard InChI is InChI=1S/C8H11NO3/c1-3-6-5(2)9-7(12-6)4-8(10)11/h3-4H2,1-2H3,(H,10,11). The van der Waals surface area contributed by atoms with E-state index in [2.05, 4.69) is 4.98 Å². The maximum atomic E-state index is 10.3. The van der Waals surface area contributed by atoms with Gasteiger partial charge >= 0.3 is 5.97 Å². The lowest BCUT2D eigenvalue weighted by Gasteiger charge is -1.87. The summed E-state index contributed by atoms with van der Waals surface area (Å²) in [6, 6.07) is 0. The predicted octanol–water partition coefficient (Wildman–Crippen LogP) is 1.17. The molecule has 0 fully saturated rings. The second-order valence-corrected chi connectivity index (χ2v) is 2.54. The van der Waals surface area contributed by atoms with Crippen LogP contribution in [0.2, 0.25) is 0 Å². The molecular weight excluding hydrogens is 158 g/mol. The van der Waals surface area contributed by atoms with Crippen molar-refractivity contribution in [2.45, 2.75) is 26.7 Å². The van der Waals surface area contributed by atoms with Gasteiger partial charge in [0.2, 0.25) is 5.89 Å². The van der Waals surface area contributed by atoms with Crippen LogP contribution in [0.4, 0.5) is 0 Å². The third kappa shape index (κ3) is 1.84. The molecule has 0 amide bonds. The predicted molar refractivity (Wildman–Crippen MR) is 42.0 cm³/mol. The Labute approximate surface area is 70.2 Å². The molecule has 0 spiro atoms. The van der Waals surface area contributed by atoms with Crippen molar-refractivity contribution in [1.29, 1.82) is 0 Å². The highest BCUT2D eigenvalue weighted by Gasteiger charge is 2.10. The molecule has 0 atom stereocenters. The zero-order chi connectivity index (χ0) is 9.14. The smallest absolute Gasteiger partial charge is 0.312 e. The summed E-state index contributed by atoms with van der Waals surface area (Å²) in [6.07, 6.45) is 0.610. The number of carboxylic acid groups (broad SMARTS) is 1. The van der Waals surface area contributed by atoms with E-state index < -0.39 is 5.97 Å². The monoisotopic (exact) mass is 169 g/mol. The number of hydrogen-bond donors (Lipinski definition) is 1. The molecule has 1 rings (SSSR count). The first-order valence-corrected chi connectivity index (χ1v) is 3.80. The highest BCUT2D eigenvalue weighted by Crippen LogP contribution is 2.10. The highest BCUT2D eigenvalue weighted by atomic mass is 16.4. The van der Waals surface area contributed by atoms with Gasteiger partial charge in [-0.25, -0.2) is 4.98 Å². The summed E-state index contributed by atoms with van der Waals surface area (Å²) in [5.74, 6) is 0.141. The van der Waals surface area contributed by atoms with Crippen LogP contribution in [0.1, 0.15) is 24.3 Å². The number of aliphatic carboxylic acids is 1. The topological polar surface area (TPSA) is 63.3 Å². The van der Waals surface area contributed by atoms with Gasteiger partial charge in [0.15, 0.2) is 0 Å². The van der Waals surface area contributed by atoms with Gasteiger partial charge in [0.1, 0.15) is 12.2 Å². The molecule has 0 saturated heterocycles. The Morgan fingerprint density at radius 1 is 1.67 bits per heavy atom. The fourth-order valence-corrected chi connectivity index (χ4v) is 1.02. The van der Waals surface area contributed by atoms with E-state index in [0.29, 0.717) is 0 Å². The van der Waals surface area contributed by atoms with Crippen LogP contribution in [-0.2, 0) is 17.6 Å². The third-order valence-corrected chi connectivity index (χ3v) is 1.56. The number of hydrogen-bond acceptors (Lipinski definition) is 3. The first kappa shape index (κ1) is 8.77. The number of rotatable bonds is 3. The third-order valence-electron chi connectivity index (χ3n) is 1.56. The Hall–Kier alpha value is -1.32. The first-order chi connectivity index (χ1) is 5.63. The van der Waals surface area contributed by atoms with E-state index in [0.717, 1.165) is 17.9 Å². The highest BCUT2D eigenvalue weighted by molar-refractivity contribution is 5.68. The molecule has 0 bridgehead atoms. The number of carbonyl (C=O) groups is 1. The fourth-order valence-electron chi connectivity index (χ4n) is 1.02. The van der Waals surface area contributed by atoms with Crippen LogP contribution in [-0.4, -0.2) is 16.1 Å². The summed E-state index contributed by atoms with van der Waals surface area (Å²) in [4.78, 5) is 14.3. The average molecular weight is 169 g/mol. The minimum Gasteiger partial charge on any atom is -0.481 e. The summed E-state index contributed by atoms with van der Waals surface area (Å²) in [6.45, 7) is 3.76. The normalized spacial score (nSPS) is 10.2. The van der Waals surface area contributed by atoms with Gasteiger partial charge in [-0.05, 0) is 6.92 Å². The van der Waals surface area contributed by atoms with Crippen LogP contribution in [0.5, 0.6) is 0 Å². The molecule has 4 heteroatoms. The molecule has 12 heavy (non-hydrogen) atoms. The van der Waals surface area contributed by atoms with Crippen molar-refractivity contribution in [2.75, 3.05) is 0 Å². The van der Waals surface area contributed by atoms with Crippen LogP contribution in [0.25, 0.3) is 0 Å². The average Bonchev–Trinajstić information content (AvgIpc) is 2.29. The maximum Gasteiger partial charge on any atom is 0.312 e. The molecule has 0 radical (unpaired) electrons. The number of nitrogens with zero attached hydrogens (tertiary/aromatic N) is 1. The zero-order valence-corrected chi connectivity index (χ0v) is 7.13. The van der Waals surface area contributed by atoms with E-state index >= 15 is 0 Å². The molecule has 1 N–H and O–H groups in total. The van der Waals surface area contributed by atoms with Crippen LogP contribution in [0, 0.1) is 6.92 Å². The van der Waals surface area contributed by atoms with Crippen LogP contribution in [0.3, 0.4) is 0 Å². The number of aromatic nitrogens is 1. The molecule has 4 nitrogen and oxygen atoms in total. The summed E-state index contributed by atoms with van der Waals surface area (Å²) < 4.78 is 5.18. The van der Waals surface area contributed by atoms with E-state index in [9.17, 15) is 4.79 Å². The van der Waals surface area contributed by atoms with Gasteiger partial charge in [0.25, 0.3) is 0 Å². The van der Waals surface area contributed by atoms with Crippen LogP contribution in [0.15, 0.2) is 4.42 Å². The minimum atomic E-state index is -0.918. The molecule has 1 heterocycles. The largest absolute Gasteiger partial charge is 0.481 e. The Morgan fingerprint density at radius 3 is 2.75 bits per heavy atom. The number of carboxylic acids is 1. The SMILES string of the molecule is CCc1oc(CC(=O)O)nc1C. The molecule has 1 aromatic rings.